The Morgan fingerprint density at radius 1 is 1.41 bits per heavy atom. The van der Waals surface area contributed by atoms with E-state index in [1.165, 1.54) is 11.3 Å². The Morgan fingerprint density at radius 2 is 2.24 bits per heavy atom. The molecule has 0 spiro atoms. The molecule has 0 fully saturated rings. The molecule has 0 saturated carbocycles. The second-order valence-electron chi connectivity index (χ2n) is 3.38. The average molecular weight is 311 g/mol. The van der Waals surface area contributed by atoms with Gasteiger partial charge in [0.15, 0.2) is 0 Å². The fourth-order valence-corrected chi connectivity index (χ4v) is 2.64. The summed E-state index contributed by atoms with van der Waals surface area (Å²) in [6, 6.07) is 9.11. The van der Waals surface area contributed by atoms with Crippen LogP contribution in [0, 0.1) is 0 Å². The minimum atomic E-state index is 0.0451. The minimum absolute atomic E-state index is 0.0451. The minimum Gasteiger partial charge on any atom is -0.493 e. The van der Waals surface area contributed by atoms with Gasteiger partial charge >= 0.3 is 0 Å². The van der Waals surface area contributed by atoms with Gasteiger partial charge < -0.3 is 4.74 Å². The van der Waals surface area contributed by atoms with Gasteiger partial charge in [0.25, 0.3) is 0 Å². The van der Waals surface area contributed by atoms with Crippen LogP contribution in [-0.2, 0) is 0 Å². The van der Waals surface area contributed by atoms with Crippen molar-refractivity contribution in [3.8, 4) is 5.75 Å². The Bertz CT molecular complexity index is 520. The third-order valence-electron chi connectivity index (χ3n) is 2.24. The number of carbonyl (C=O) groups is 1. The van der Waals surface area contributed by atoms with Crippen LogP contribution in [0.2, 0.25) is 0 Å². The SMILES string of the molecule is CCOc1ccc(C(=O)c2cccs2)cc1Br. The maximum atomic E-state index is 12.1. The van der Waals surface area contributed by atoms with Gasteiger partial charge in [-0.05, 0) is 52.5 Å². The number of carbonyl (C=O) groups excluding carboxylic acids is 1. The van der Waals surface area contributed by atoms with E-state index < -0.39 is 0 Å². The predicted octanol–water partition coefficient (Wildman–Crippen LogP) is 4.14. The van der Waals surface area contributed by atoms with Gasteiger partial charge in [-0.3, -0.25) is 4.79 Å². The molecular weight excluding hydrogens is 300 g/mol. The van der Waals surface area contributed by atoms with E-state index in [0.29, 0.717) is 12.2 Å². The normalized spacial score (nSPS) is 10.2. The largest absolute Gasteiger partial charge is 0.493 e. The highest BCUT2D eigenvalue weighted by molar-refractivity contribution is 9.10. The van der Waals surface area contributed by atoms with E-state index >= 15 is 0 Å². The lowest BCUT2D eigenvalue weighted by Gasteiger charge is -2.06. The summed E-state index contributed by atoms with van der Waals surface area (Å²) < 4.78 is 6.21. The van der Waals surface area contributed by atoms with Crippen molar-refractivity contribution >= 4 is 33.0 Å². The number of hydrogen-bond donors (Lipinski definition) is 0. The second-order valence-corrected chi connectivity index (χ2v) is 5.19. The molecule has 1 aromatic carbocycles. The van der Waals surface area contributed by atoms with Crippen LogP contribution in [0.1, 0.15) is 22.2 Å². The van der Waals surface area contributed by atoms with Crippen molar-refractivity contribution in [3.63, 3.8) is 0 Å². The van der Waals surface area contributed by atoms with E-state index in [9.17, 15) is 4.79 Å². The number of hydrogen-bond acceptors (Lipinski definition) is 3. The van der Waals surface area contributed by atoms with Crippen LogP contribution in [0.5, 0.6) is 5.75 Å². The zero-order valence-corrected chi connectivity index (χ0v) is 11.7. The highest BCUT2D eigenvalue weighted by atomic mass is 79.9. The van der Waals surface area contributed by atoms with Gasteiger partial charge in [-0.2, -0.15) is 0 Å². The summed E-state index contributed by atoms with van der Waals surface area (Å²) in [4.78, 5) is 12.8. The third kappa shape index (κ3) is 2.76. The molecular formula is C13H11BrO2S. The van der Waals surface area contributed by atoms with Crippen molar-refractivity contribution in [1.29, 1.82) is 0 Å². The van der Waals surface area contributed by atoms with Gasteiger partial charge in [0, 0.05) is 5.56 Å². The van der Waals surface area contributed by atoms with Gasteiger partial charge in [0.05, 0.1) is 16.0 Å². The molecule has 2 aromatic rings. The molecule has 17 heavy (non-hydrogen) atoms. The zero-order chi connectivity index (χ0) is 12.3. The molecule has 0 unspecified atom stereocenters. The summed E-state index contributed by atoms with van der Waals surface area (Å²) >= 11 is 4.86. The summed E-state index contributed by atoms with van der Waals surface area (Å²) in [5.41, 5.74) is 0.669. The third-order valence-corrected chi connectivity index (χ3v) is 3.73. The first kappa shape index (κ1) is 12.3. The summed E-state index contributed by atoms with van der Waals surface area (Å²) in [6.07, 6.45) is 0. The monoisotopic (exact) mass is 310 g/mol. The molecule has 0 atom stereocenters. The van der Waals surface area contributed by atoms with Crippen LogP contribution in [0.4, 0.5) is 0 Å². The predicted molar refractivity (Wildman–Crippen MR) is 73.1 cm³/mol. The Morgan fingerprint density at radius 3 is 2.82 bits per heavy atom. The maximum Gasteiger partial charge on any atom is 0.202 e. The van der Waals surface area contributed by atoms with Gasteiger partial charge in [-0.1, -0.05) is 6.07 Å². The lowest BCUT2D eigenvalue weighted by atomic mass is 10.1. The van der Waals surface area contributed by atoms with E-state index in [-0.39, 0.29) is 5.78 Å². The molecule has 2 rings (SSSR count). The molecule has 0 amide bonds. The van der Waals surface area contributed by atoms with Crippen molar-refractivity contribution in [2.24, 2.45) is 0 Å². The van der Waals surface area contributed by atoms with Crippen LogP contribution in [0.25, 0.3) is 0 Å². The first-order chi connectivity index (χ1) is 8.22. The van der Waals surface area contributed by atoms with Crippen molar-refractivity contribution < 1.29 is 9.53 Å². The van der Waals surface area contributed by atoms with Crippen molar-refractivity contribution in [2.75, 3.05) is 6.61 Å². The van der Waals surface area contributed by atoms with Crippen LogP contribution < -0.4 is 4.74 Å². The fraction of sp³-hybridized carbons (Fsp3) is 0.154. The lowest BCUT2D eigenvalue weighted by molar-refractivity contribution is 0.104. The Hall–Kier alpha value is -1.13. The average Bonchev–Trinajstić information content (AvgIpc) is 2.84. The molecule has 0 N–H and O–H groups in total. The molecule has 2 nitrogen and oxygen atoms in total. The van der Waals surface area contributed by atoms with Crippen LogP contribution in [0.15, 0.2) is 40.2 Å². The number of ketones is 1. The standard InChI is InChI=1S/C13H11BrO2S/c1-2-16-11-6-5-9(8-10(11)14)13(15)12-4-3-7-17-12/h3-8H,2H2,1H3. The van der Waals surface area contributed by atoms with Crippen LogP contribution >= 0.6 is 27.3 Å². The molecule has 0 aliphatic carbocycles. The fourth-order valence-electron chi connectivity index (χ4n) is 1.46. The highest BCUT2D eigenvalue weighted by Crippen LogP contribution is 2.27. The molecule has 4 heteroatoms. The van der Waals surface area contributed by atoms with E-state index in [0.717, 1.165) is 15.1 Å². The molecule has 0 aliphatic rings. The number of benzene rings is 1. The van der Waals surface area contributed by atoms with E-state index in [2.05, 4.69) is 15.9 Å². The molecule has 0 aliphatic heterocycles. The van der Waals surface area contributed by atoms with Crippen molar-refractivity contribution in [1.82, 2.24) is 0 Å². The van der Waals surface area contributed by atoms with E-state index in [1.54, 1.807) is 12.1 Å². The smallest absolute Gasteiger partial charge is 0.202 e. The molecule has 0 bridgehead atoms. The van der Waals surface area contributed by atoms with Gasteiger partial charge in [-0.15, -0.1) is 11.3 Å². The first-order valence-corrected chi connectivity index (χ1v) is 6.90. The Balaban J connectivity index is 2.29. The summed E-state index contributed by atoms with van der Waals surface area (Å²) in [6.45, 7) is 2.54. The summed E-state index contributed by atoms with van der Waals surface area (Å²) in [5.74, 6) is 0.805. The maximum absolute atomic E-state index is 12.1. The second kappa shape index (κ2) is 5.47. The number of thiophene rings is 1. The first-order valence-electron chi connectivity index (χ1n) is 5.23. The number of rotatable bonds is 4. The molecule has 88 valence electrons. The Kier molecular flexibility index (Phi) is 3.97. The van der Waals surface area contributed by atoms with Gasteiger partial charge in [-0.25, -0.2) is 0 Å². The highest BCUT2D eigenvalue weighted by Gasteiger charge is 2.12. The van der Waals surface area contributed by atoms with E-state index in [1.807, 2.05) is 30.5 Å². The van der Waals surface area contributed by atoms with E-state index in [4.69, 9.17) is 4.74 Å². The molecule has 0 saturated heterocycles. The van der Waals surface area contributed by atoms with Crippen LogP contribution in [-0.4, -0.2) is 12.4 Å². The molecule has 0 radical (unpaired) electrons. The Labute approximate surface area is 112 Å². The molecule has 1 heterocycles. The topological polar surface area (TPSA) is 26.3 Å². The van der Waals surface area contributed by atoms with Gasteiger partial charge in [0.1, 0.15) is 5.75 Å². The van der Waals surface area contributed by atoms with Crippen molar-refractivity contribution in [3.05, 3.63) is 50.6 Å². The summed E-state index contributed by atoms with van der Waals surface area (Å²) in [5, 5.41) is 1.90. The quantitative estimate of drug-likeness (QED) is 0.793. The number of halogens is 1. The summed E-state index contributed by atoms with van der Waals surface area (Å²) in [7, 11) is 0. The molecule has 1 aromatic heterocycles. The van der Waals surface area contributed by atoms with Gasteiger partial charge in [0.2, 0.25) is 5.78 Å². The zero-order valence-electron chi connectivity index (χ0n) is 9.27. The van der Waals surface area contributed by atoms with Crippen LogP contribution in [0.3, 0.4) is 0 Å². The van der Waals surface area contributed by atoms with Crippen molar-refractivity contribution in [2.45, 2.75) is 6.92 Å². The number of ether oxygens (including phenoxy) is 1. The lowest BCUT2D eigenvalue weighted by Crippen LogP contribution is -1.99.